The SMILES string of the molecule is Cc1c(CC(=O)Nc2ccc3c(c2)OCO3)nc[nH]c1=O. The molecule has 7 nitrogen and oxygen atoms in total. The molecule has 0 atom stereocenters. The number of H-pyrrole nitrogens is 1. The van der Waals surface area contributed by atoms with Crippen LogP contribution in [0.15, 0.2) is 29.3 Å². The lowest BCUT2D eigenvalue weighted by Gasteiger charge is -2.07. The standard InChI is InChI=1S/C14H13N3O4/c1-8-10(15-6-16-14(8)19)5-13(18)17-9-2-3-11-12(4-9)21-7-20-11/h2-4,6H,5,7H2,1H3,(H,17,18)(H,15,16,19). The van der Waals surface area contributed by atoms with Crippen molar-refractivity contribution in [3.05, 3.63) is 46.1 Å². The molecule has 0 saturated heterocycles. The molecule has 1 aromatic heterocycles. The summed E-state index contributed by atoms with van der Waals surface area (Å²) in [5.74, 6) is 0.994. The summed E-state index contributed by atoms with van der Waals surface area (Å²) in [6, 6.07) is 5.15. The van der Waals surface area contributed by atoms with Crippen molar-refractivity contribution in [2.45, 2.75) is 13.3 Å². The first-order valence-corrected chi connectivity index (χ1v) is 6.36. The lowest BCUT2D eigenvalue weighted by Crippen LogP contribution is -2.20. The second-order valence-corrected chi connectivity index (χ2v) is 4.60. The van der Waals surface area contributed by atoms with E-state index in [2.05, 4.69) is 15.3 Å². The van der Waals surface area contributed by atoms with E-state index in [1.807, 2.05) is 0 Å². The fourth-order valence-electron chi connectivity index (χ4n) is 2.01. The number of carbonyl (C=O) groups is 1. The van der Waals surface area contributed by atoms with E-state index >= 15 is 0 Å². The number of hydrogen-bond acceptors (Lipinski definition) is 5. The molecular weight excluding hydrogens is 274 g/mol. The summed E-state index contributed by atoms with van der Waals surface area (Å²) in [5.41, 5.74) is 1.26. The number of hydrogen-bond donors (Lipinski definition) is 2. The van der Waals surface area contributed by atoms with Gasteiger partial charge in [0.05, 0.1) is 18.4 Å². The number of nitrogens with zero attached hydrogens (tertiary/aromatic N) is 1. The summed E-state index contributed by atoms with van der Waals surface area (Å²) in [5, 5.41) is 2.74. The number of carbonyl (C=O) groups excluding carboxylic acids is 1. The molecule has 2 heterocycles. The van der Waals surface area contributed by atoms with Crippen LogP contribution in [0.3, 0.4) is 0 Å². The summed E-state index contributed by atoms with van der Waals surface area (Å²) < 4.78 is 10.4. The van der Waals surface area contributed by atoms with E-state index in [0.717, 1.165) is 0 Å². The average Bonchev–Trinajstić information content (AvgIpc) is 2.91. The maximum Gasteiger partial charge on any atom is 0.253 e. The molecule has 21 heavy (non-hydrogen) atoms. The zero-order chi connectivity index (χ0) is 14.8. The second-order valence-electron chi connectivity index (χ2n) is 4.60. The molecule has 3 rings (SSSR count). The lowest BCUT2D eigenvalue weighted by molar-refractivity contribution is -0.115. The van der Waals surface area contributed by atoms with Crippen molar-refractivity contribution in [3.8, 4) is 11.5 Å². The maximum atomic E-state index is 12.0. The number of amides is 1. The maximum absolute atomic E-state index is 12.0. The van der Waals surface area contributed by atoms with Gasteiger partial charge in [0.1, 0.15) is 0 Å². The van der Waals surface area contributed by atoms with Gasteiger partial charge in [0, 0.05) is 17.3 Å². The van der Waals surface area contributed by atoms with E-state index in [9.17, 15) is 9.59 Å². The Kier molecular flexibility index (Phi) is 3.31. The molecule has 0 spiro atoms. The molecule has 7 heteroatoms. The number of fused-ring (bicyclic) bond motifs is 1. The summed E-state index contributed by atoms with van der Waals surface area (Å²) in [4.78, 5) is 29.9. The smallest absolute Gasteiger partial charge is 0.253 e. The van der Waals surface area contributed by atoms with E-state index in [1.165, 1.54) is 6.33 Å². The second kappa shape index (κ2) is 5.28. The number of anilines is 1. The molecule has 1 aliphatic heterocycles. The Morgan fingerprint density at radius 3 is 3.05 bits per heavy atom. The van der Waals surface area contributed by atoms with Crippen molar-refractivity contribution >= 4 is 11.6 Å². The van der Waals surface area contributed by atoms with Crippen LogP contribution in [0.25, 0.3) is 0 Å². The van der Waals surface area contributed by atoms with Crippen LogP contribution in [0.2, 0.25) is 0 Å². The average molecular weight is 287 g/mol. The Labute approximate surface area is 119 Å². The minimum absolute atomic E-state index is 0.0319. The number of nitrogens with one attached hydrogen (secondary N) is 2. The molecule has 0 bridgehead atoms. The molecule has 2 aromatic rings. The van der Waals surface area contributed by atoms with Gasteiger partial charge in [-0.25, -0.2) is 4.98 Å². The summed E-state index contributed by atoms with van der Waals surface area (Å²) in [6.45, 7) is 1.82. The molecule has 0 unspecified atom stereocenters. The van der Waals surface area contributed by atoms with Crippen LogP contribution in [-0.4, -0.2) is 22.7 Å². The minimum Gasteiger partial charge on any atom is -0.454 e. The highest BCUT2D eigenvalue weighted by Crippen LogP contribution is 2.34. The van der Waals surface area contributed by atoms with Crippen molar-refractivity contribution in [2.24, 2.45) is 0 Å². The fourth-order valence-corrected chi connectivity index (χ4v) is 2.01. The van der Waals surface area contributed by atoms with Gasteiger partial charge in [-0.05, 0) is 19.1 Å². The summed E-state index contributed by atoms with van der Waals surface area (Å²) >= 11 is 0. The normalized spacial score (nSPS) is 12.2. The highest BCUT2D eigenvalue weighted by Gasteiger charge is 2.15. The Hall–Kier alpha value is -2.83. The van der Waals surface area contributed by atoms with Gasteiger partial charge in [-0.2, -0.15) is 0 Å². The Balaban J connectivity index is 1.72. The van der Waals surface area contributed by atoms with Crippen molar-refractivity contribution < 1.29 is 14.3 Å². The number of aromatic amines is 1. The Morgan fingerprint density at radius 2 is 2.19 bits per heavy atom. The van der Waals surface area contributed by atoms with Crippen LogP contribution in [0, 0.1) is 6.92 Å². The first kappa shape index (κ1) is 13.2. The number of ether oxygens (including phenoxy) is 2. The van der Waals surface area contributed by atoms with Gasteiger partial charge in [-0.15, -0.1) is 0 Å². The topological polar surface area (TPSA) is 93.3 Å². The van der Waals surface area contributed by atoms with Crippen molar-refractivity contribution in [2.75, 3.05) is 12.1 Å². The van der Waals surface area contributed by atoms with Gasteiger partial charge in [0.2, 0.25) is 12.7 Å². The van der Waals surface area contributed by atoms with Crippen LogP contribution < -0.4 is 20.3 Å². The van der Waals surface area contributed by atoms with Crippen molar-refractivity contribution in [1.82, 2.24) is 9.97 Å². The van der Waals surface area contributed by atoms with E-state index < -0.39 is 0 Å². The zero-order valence-corrected chi connectivity index (χ0v) is 11.3. The monoisotopic (exact) mass is 287 g/mol. The molecule has 1 aromatic carbocycles. The summed E-state index contributed by atoms with van der Waals surface area (Å²) in [6.07, 6.45) is 1.32. The highest BCUT2D eigenvalue weighted by atomic mass is 16.7. The van der Waals surface area contributed by atoms with Gasteiger partial charge in [0.25, 0.3) is 5.56 Å². The van der Waals surface area contributed by atoms with Crippen LogP contribution in [0.1, 0.15) is 11.3 Å². The molecule has 0 radical (unpaired) electrons. The third-order valence-electron chi connectivity index (χ3n) is 3.17. The minimum atomic E-state index is -0.255. The molecule has 0 fully saturated rings. The van der Waals surface area contributed by atoms with Gasteiger partial charge in [0.15, 0.2) is 11.5 Å². The Bertz CT molecular complexity index is 754. The van der Waals surface area contributed by atoms with Crippen LogP contribution >= 0.6 is 0 Å². The molecule has 108 valence electrons. The van der Waals surface area contributed by atoms with E-state index in [1.54, 1.807) is 25.1 Å². The van der Waals surface area contributed by atoms with Crippen LogP contribution in [-0.2, 0) is 11.2 Å². The molecular formula is C14H13N3O4. The quantitative estimate of drug-likeness (QED) is 0.878. The predicted octanol–water partition coefficient (Wildman–Crippen LogP) is 0.988. The third kappa shape index (κ3) is 2.71. The Morgan fingerprint density at radius 1 is 1.38 bits per heavy atom. The van der Waals surface area contributed by atoms with E-state index in [0.29, 0.717) is 28.4 Å². The highest BCUT2D eigenvalue weighted by molar-refractivity contribution is 5.92. The third-order valence-corrected chi connectivity index (χ3v) is 3.17. The molecule has 1 amide bonds. The summed E-state index contributed by atoms with van der Waals surface area (Å²) in [7, 11) is 0. The van der Waals surface area contributed by atoms with Gasteiger partial charge < -0.3 is 19.8 Å². The largest absolute Gasteiger partial charge is 0.454 e. The van der Waals surface area contributed by atoms with E-state index in [-0.39, 0.29) is 24.7 Å². The van der Waals surface area contributed by atoms with Crippen LogP contribution in [0.4, 0.5) is 5.69 Å². The molecule has 0 aliphatic carbocycles. The predicted molar refractivity (Wildman–Crippen MR) is 74.5 cm³/mol. The first-order chi connectivity index (χ1) is 10.1. The van der Waals surface area contributed by atoms with Gasteiger partial charge in [-0.1, -0.05) is 0 Å². The number of rotatable bonds is 3. The number of aromatic nitrogens is 2. The molecule has 2 N–H and O–H groups in total. The fraction of sp³-hybridized carbons (Fsp3) is 0.214. The lowest BCUT2D eigenvalue weighted by atomic mass is 10.2. The van der Waals surface area contributed by atoms with Gasteiger partial charge >= 0.3 is 0 Å². The molecule has 1 aliphatic rings. The van der Waals surface area contributed by atoms with E-state index in [4.69, 9.17) is 9.47 Å². The van der Waals surface area contributed by atoms with Crippen molar-refractivity contribution in [3.63, 3.8) is 0 Å². The van der Waals surface area contributed by atoms with Crippen LogP contribution in [0.5, 0.6) is 11.5 Å². The number of benzene rings is 1. The van der Waals surface area contributed by atoms with Crippen molar-refractivity contribution in [1.29, 1.82) is 0 Å². The zero-order valence-electron chi connectivity index (χ0n) is 11.3. The van der Waals surface area contributed by atoms with Gasteiger partial charge in [-0.3, -0.25) is 9.59 Å². The first-order valence-electron chi connectivity index (χ1n) is 6.36. The molecule has 0 saturated carbocycles.